The van der Waals surface area contributed by atoms with Gasteiger partial charge in [-0.15, -0.1) is 0 Å². The number of carbonyl (C=O) groups is 1. The van der Waals surface area contributed by atoms with Crippen LogP contribution in [0.1, 0.15) is 128 Å². The fourth-order valence-corrected chi connectivity index (χ4v) is 5.20. The molecule has 0 radical (unpaired) electrons. The van der Waals surface area contributed by atoms with Gasteiger partial charge >= 0.3 is 0 Å². The van der Waals surface area contributed by atoms with E-state index in [-0.39, 0.29) is 11.6 Å². The molecule has 0 aromatic carbocycles. The molecule has 0 aromatic heterocycles. The monoisotopic (exact) mass is 437 g/mol. The average Bonchev–Trinajstić information content (AvgIpc) is 3.14. The van der Waals surface area contributed by atoms with Gasteiger partial charge in [0, 0.05) is 38.5 Å². The van der Waals surface area contributed by atoms with Crippen molar-refractivity contribution in [3.05, 3.63) is 0 Å². The second-order valence-electron chi connectivity index (χ2n) is 9.71. The zero-order valence-corrected chi connectivity index (χ0v) is 19.6. The number of ether oxygens (including phenoxy) is 1. The molecule has 4 aliphatic carbocycles. The Kier molecular flexibility index (Phi) is 10.3. The molecule has 6 nitrogen and oxygen atoms in total. The van der Waals surface area contributed by atoms with Crippen molar-refractivity contribution in [1.82, 2.24) is 0 Å². The van der Waals surface area contributed by atoms with E-state index in [1.54, 1.807) is 7.11 Å². The summed E-state index contributed by atoms with van der Waals surface area (Å²) in [6, 6.07) is 0. The van der Waals surface area contributed by atoms with E-state index >= 15 is 0 Å². The summed E-state index contributed by atoms with van der Waals surface area (Å²) in [6.07, 6.45) is 23.0. The van der Waals surface area contributed by atoms with Crippen molar-refractivity contribution >= 4 is 11.5 Å². The molecule has 0 aromatic rings. The van der Waals surface area contributed by atoms with Gasteiger partial charge in [0.1, 0.15) is 12.9 Å². The van der Waals surface area contributed by atoms with Gasteiger partial charge in [0.2, 0.25) is 11.6 Å². The normalized spacial score (nSPS) is 27.0. The third kappa shape index (κ3) is 8.14. The Balaban J connectivity index is 0.000000145. The first-order valence-electron chi connectivity index (χ1n) is 12.8. The Morgan fingerprint density at radius 1 is 0.645 bits per heavy atom. The Hall–Kier alpha value is -0.980. The number of nitrogens with zero attached hydrogens (tertiary/aromatic N) is 1. The van der Waals surface area contributed by atoms with Crippen LogP contribution < -0.4 is 0 Å². The molecule has 178 valence electrons. The Morgan fingerprint density at radius 2 is 1.06 bits per heavy atom. The van der Waals surface area contributed by atoms with Crippen LogP contribution in [0.25, 0.3) is 0 Å². The fourth-order valence-electron chi connectivity index (χ4n) is 5.20. The number of hydrogen-bond acceptors (Lipinski definition) is 6. The van der Waals surface area contributed by atoms with E-state index in [9.17, 15) is 4.79 Å². The van der Waals surface area contributed by atoms with E-state index in [0.29, 0.717) is 5.78 Å². The summed E-state index contributed by atoms with van der Waals surface area (Å²) in [6.45, 7) is 0. The maximum Gasteiger partial charge on any atom is 0.204 e. The lowest BCUT2D eigenvalue weighted by Crippen LogP contribution is -2.39. The molecule has 0 bridgehead atoms. The molecule has 5 fully saturated rings. The molecule has 2 spiro atoms. The van der Waals surface area contributed by atoms with Gasteiger partial charge in [-0.25, -0.2) is 0 Å². The Morgan fingerprint density at radius 3 is 1.45 bits per heavy atom. The third-order valence-electron chi connectivity index (χ3n) is 7.01. The SMILES string of the molecule is C1CCC2(CC1)OOC1(CCCCC1)O2.CON=C1CCCCC1.O=C1CCCCC1. The van der Waals surface area contributed by atoms with E-state index < -0.39 is 0 Å². The smallest absolute Gasteiger partial charge is 0.204 e. The lowest BCUT2D eigenvalue weighted by atomic mass is 9.91. The first kappa shape index (κ1) is 24.7. The van der Waals surface area contributed by atoms with Gasteiger partial charge in [0.15, 0.2) is 0 Å². The van der Waals surface area contributed by atoms with Crippen molar-refractivity contribution < 1.29 is 24.1 Å². The van der Waals surface area contributed by atoms with E-state index in [4.69, 9.17) is 14.5 Å². The summed E-state index contributed by atoms with van der Waals surface area (Å²) < 4.78 is 6.17. The molecule has 1 saturated heterocycles. The Labute approximate surface area is 188 Å². The highest BCUT2D eigenvalue weighted by Crippen LogP contribution is 2.47. The molecular formula is C25H43NO5. The number of carbonyl (C=O) groups excluding carboxylic acids is 1. The second-order valence-corrected chi connectivity index (χ2v) is 9.71. The summed E-state index contributed by atoms with van der Waals surface area (Å²) in [4.78, 5) is 26.2. The predicted octanol–water partition coefficient (Wildman–Crippen LogP) is 6.76. The standard InChI is InChI=1S/C12H20O3.C7H13NO.C6H10O/c1-3-7-11(8-4-1)13-12(15-14-11)9-5-2-6-10-12;1-9-8-7-5-3-2-4-6-7;7-6-4-2-1-3-5-6/h1-10H2;2-6H2,1H3;1-5H2. The summed E-state index contributed by atoms with van der Waals surface area (Å²) in [5.74, 6) is -0.295. The molecule has 0 unspecified atom stereocenters. The van der Waals surface area contributed by atoms with Gasteiger partial charge in [-0.05, 0) is 64.2 Å². The summed E-state index contributed by atoms with van der Waals surface area (Å²) in [5, 5.41) is 3.90. The largest absolute Gasteiger partial charge is 0.399 e. The van der Waals surface area contributed by atoms with Crippen LogP contribution in [0.4, 0.5) is 0 Å². The number of rotatable bonds is 1. The molecule has 0 atom stereocenters. The zero-order chi connectivity index (χ0) is 21.8. The van der Waals surface area contributed by atoms with Gasteiger partial charge in [0.05, 0.1) is 5.71 Å². The second kappa shape index (κ2) is 12.9. The maximum absolute atomic E-state index is 10.5. The summed E-state index contributed by atoms with van der Waals surface area (Å²) in [5.41, 5.74) is 1.24. The summed E-state index contributed by atoms with van der Waals surface area (Å²) in [7, 11) is 1.61. The molecule has 31 heavy (non-hydrogen) atoms. The van der Waals surface area contributed by atoms with E-state index in [1.807, 2.05) is 0 Å². The van der Waals surface area contributed by atoms with E-state index in [1.165, 1.54) is 69.9 Å². The van der Waals surface area contributed by atoms with Gasteiger partial charge in [0.25, 0.3) is 0 Å². The molecule has 6 heteroatoms. The van der Waals surface area contributed by atoms with E-state index in [0.717, 1.165) is 64.2 Å². The van der Waals surface area contributed by atoms with Crippen molar-refractivity contribution in [3.63, 3.8) is 0 Å². The highest BCUT2D eigenvalue weighted by molar-refractivity contribution is 5.84. The molecule has 1 aliphatic heterocycles. The van der Waals surface area contributed by atoms with Crippen molar-refractivity contribution in [2.75, 3.05) is 7.11 Å². The van der Waals surface area contributed by atoms with Crippen molar-refractivity contribution in [2.24, 2.45) is 5.16 Å². The number of ketones is 1. The molecule has 5 aliphatic rings. The van der Waals surface area contributed by atoms with Crippen LogP contribution in [0.2, 0.25) is 0 Å². The van der Waals surface area contributed by atoms with Crippen molar-refractivity contribution in [1.29, 1.82) is 0 Å². The van der Waals surface area contributed by atoms with Gasteiger partial charge in [-0.3, -0.25) is 4.79 Å². The Bertz CT molecular complexity index is 524. The minimum Gasteiger partial charge on any atom is -0.399 e. The van der Waals surface area contributed by atoms with Crippen LogP contribution in [0, 0.1) is 0 Å². The predicted molar refractivity (Wildman–Crippen MR) is 121 cm³/mol. The van der Waals surface area contributed by atoms with Crippen LogP contribution in [-0.2, 0) is 24.1 Å². The topological polar surface area (TPSA) is 66.3 Å². The van der Waals surface area contributed by atoms with Crippen molar-refractivity contribution in [3.8, 4) is 0 Å². The lowest BCUT2D eigenvalue weighted by Gasteiger charge is -2.33. The highest BCUT2D eigenvalue weighted by atomic mass is 17.3. The molecule has 0 N–H and O–H groups in total. The molecular weight excluding hydrogens is 394 g/mol. The zero-order valence-electron chi connectivity index (χ0n) is 19.6. The quantitative estimate of drug-likeness (QED) is 0.335. The number of hydrogen-bond donors (Lipinski definition) is 0. The minimum absolute atomic E-state index is 0.379. The van der Waals surface area contributed by atoms with Gasteiger partial charge in [-0.2, -0.15) is 9.78 Å². The average molecular weight is 438 g/mol. The molecule has 5 rings (SSSR count). The molecule has 4 saturated carbocycles. The number of Topliss-reactive ketones (excluding diaryl/α,β-unsaturated/α-hetero) is 1. The van der Waals surface area contributed by atoms with Crippen LogP contribution in [-0.4, -0.2) is 30.2 Å². The van der Waals surface area contributed by atoms with Gasteiger partial charge in [-0.1, -0.05) is 30.8 Å². The summed E-state index contributed by atoms with van der Waals surface area (Å²) >= 11 is 0. The highest BCUT2D eigenvalue weighted by Gasteiger charge is 2.53. The molecule has 1 heterocycles. The fraction of sp³-hybridized carbons (Fsp3) is 0.920. The molecule has 0 amide bonds. The number of oxime groups is 1. The maximum atomic E-state index is 10.5. The van der Waals surface area contributed by atoms with Crippen LogP contribution >= 0.6 is 0 Å². The third-order valence-corrected chi connectivity index (χ3v) is 7.01. The first-order chi connectivity index (χ1) is 15.2. The van der Waals surface area contributed by atoms with E-state index in [2.05, 4.69) is 9.99 Å². The van der Waals surface area contributed by atoms with Crippen molar-refractivity contribution in [2.45, 2.75) is 140 Å². The van der Waals surface area contributed by atoms with Crippen LogP contribution in [0.3, 0.4) is 0 Å². The van der Waals surface area contributed by atoms with Crippen LogP contribution in [0.15, 0.2) is 5.16 Å². The first-order valence-corrected chi connectivity index (χ1v) is 12.8. The van der Waals surface area contributed by atoms with Crippen LogP contribution in [0.5, 0.6) is 0 Å². The van der Waals surface area contributed by atoms with Gasteiger partial charge < -0.3 is 9.57 Å². The lowest BCUT2D eigenvalue weighted by molar-refractivity contribution is -0.358. The minimum atomic E-state index is -0.379.